The number of hydrogen-bond donors (Lipinski definition) is 0. The molecule has 0 aliphatic heterocycles. The molecule has 3 heterocycles. The van der Waals surface area contributed by atoms with Gasteiger partial charge in [0, 0.05) is 16.2 Å². The molecule has 0 amide bonds. The van der Waals surface area contributed by atoms with Gasteiger partial charge >= 0.3 is 0 Å². The van der Waals surface area contributed by atoms with Crippen molar-refractivity contribution < 1.29 is 8.81 Å². The van der Waals surface area contributed by atoms with E-state index >= 15 is 0 Å². The van der Waals surface area contributed by atoms with Crippen LogP contribution in [-0.4, -0.2) is 14.5 Å². The molecule has 7 aromatic rings. The Labute approximate surface area is 257 Å². The van der Waals surface area contributed by atoms with E-state index in [1.54, 1.807) is 6.07 Å². The van der Waals surface area contributed by atoms with Crippen molar-refractivity contribution >= 4 is 44.0 Å². The summed E-state index contributed by atoms with van der Waals surface area (Å²) in [6.45, 7) is 18.3. The van der Waals surface area contributed by atoms with Crippen molar-refractivity contribution in [1.29, 1.82) is 0 Å². The fourth-order valence-corrected chi connectivity index (χ4v) is 6.32. The average molecular weight is 584 g/mol. The lowest BCUT2D eigenvalue weighted by Crippen LogP contribution is -2.21. The molecule has 0 atom stereocenters. The molecule has 0 N–H and O–H groups in total. The van der Waals surface area contributed by atoms with Crippen LogP contribution in [0.25, 0.3) is 61.1 Å². The number of nitrogens with zero attached hydrogens (tertiary/aromatic N) is 3. The number of fused-ring (bicyclic) bond motifs is 5. The third kappa shape index (κ3) is 4.49. The molecule has 5 heteroatoms. The molecule has 0 unspecified atom stereocenters. The first-order chi connectivity index (χ1) is 20.8. The van der Waals surface area contributed by atoms with E-state index in [1.165, 1.54) is 34.5 Å². The Morgan fingerprint density at radius 3 is 2.25 bits per heavy atom. The zero-order chi connectivity index (χ0) is 31.1. The lowest BCUT2D eigenvalue weighted by Gasteiger charge is -2.31. The van der Waals surface area contributed by atoms with Crippen LogP contribution in [0.1, 0.15) is 78.0 Å². The number of furan rings is 1. The Morgan fingerprint density at radius 2 is 1.52 bits per heavy atom. The minimum atomic E-state index is -0.283. The Balaban J connectivity index is 1.60. The summed E-state index contributed by atoms with van der Waals surface area (Å²) in [5.74, 6) is 0.817. The van der Waals surface area contributed by atoms with E-state index in [0.717, 1.165) is 44.2 Å². The fraction of sp³-hybridized carbons (Fsp3) is 0.282. The largest absolute Gasteiger partial charge is 0.437 e. The highest BCUT2D eigenvalue weighted by Crippen LogP contribution is 2.43. The first kappa shape index (κ1) is 28.3. The van der Waals surface area contributed by atoms with Crippen LogP contribution < -0.4 is 0 Å². The van der Waals surface area contributed by atoms with E-state index in [2.05, 4.69) is 96.4 Å². The lowest BCUT2D eigenvalue weighted by atomic mass is 9.77. The van der Waals surface area contributed by atoms with Gasteiger partial charge in [-0.3, -0.25) is 4.57 Å². The zero-order valence-corrected chi connectivity index (χ0v) is 26.7. The normalized spacial score (nSPS) is 12.9. The highest BCUT2D eigenvalue weighted by atomic mass is 19.1. The maximum absolute atomic E-state index is 14.1. The number of aromatic nitrogens is 3. The first-order valence-corrected chi connectivity index (χ1v) is 15.4. The van der Waals surface area contributed by atoms with Crippen LogP contribution in [0.3, 0.4) is 0 Å². The minimum Gasteiger partial charge on any atom is -0.437 e. The quantitative estimate of drug-likeness (QED) is 0.208. The van der Waals surface area contributed by atoms with Gasteiger partial charge in [0.15, 0.2) is 0 Å². The van der Waals surface area contributed by atoms with Crippen LogP contribution in [0.5, 0.6) is 0 Å². The van der Waals surface area contributed by atoms with Crippen LogP contribution in [0.4, 0.5) is 4.39 Å². The van der Waals surface area contributed by atoms with Crippen molar-refractivity contribution in [3.05, 3.63) is 101 Å². The highest BCUT2D eigenvalue weighted by Gasteiger charge is 2.30. The number of imidazole rings is 1. The Bertz CT molecular complexity index is 2240. The third-order valence-electron chi connectivity index (χ3n) is 8.71. The second kappa shape index (κ2) is 9.75. The SMILES string of the molecule is CC(C)c1cc(C(C)(C)C)cc(C(C)(C)C)c1-n1c(-c2cccc3c2oc2nc4ccc(F)cc4cc23)nc2ccccc21. The zero-order valence-electron chi connectivity index (χ0n) is 26.7. The van der Waals surface area contributed by atoms with Crippen LogP contribution in [0.2, 0.25) is 0 Å². The minimum absolute atomic E-state index is 0.00132. The fourth-order valence-electron chi connectivity index (χ4n) is 6.32. The summed E-state index contributed by atoms with van der Waals surface area (Å²) in [6.07, 6.45) is 0. The van der Waals surface area contributed by atoms with E-state index in [1.807, 2.05) is 24.3 Å². The van der Waals surface area contributed by atoms with E-state index < -0.39 is 0 Å². The molecular formula is C39H38FN3O. The number of pyridine rings is 1. The van der Waals surface area contributed by atoms with E-state index in [9.17, 15) is 4.39 Å². The number of benzene rings is 4. The van der Waals surface area contributed by atoms with Crippen molar-refractivity contribution in [1.82, 2.24) is 14.5 Å². The average Bonchev–Trinajstić information content (AvgIpc) is 3.52. The van der Waals surface area contributed by atoms with Gasteiger partial charge in [-0.2, -0.15) is 0 Å². The molecule has 0 radical (unpaired) electrons. The Kier molecular flexibility index (Phi) is 6.26. The van der Waals surface area contributed by atoms with Crippen molar-refractivity contribution in [2.24, 2.45) is 0 Å². The first-order valence-electron chi connectivity index (χ1n) is 15.4. The van der Waals surface area contributed by atoms with E-state index in [0.29, 0.717) is 11.2 Å². The van der Waals surface area contributed by atoms with Crippen molar-refractivity contribution in [3.8, 4) is 17.1 Å². The number of hydrogen-bond acceptors (Lipinski definition) is 3. The molecule has 7 rings (SSSR count). The smallest absolute Gasteiger partial charge is 0.227 e. The molecule has 0 saturated carbocycles. The summed E-state index contributed by atoms with van der Waals surface area (Å²) in [4.78, 5) is 10.0. The molecule has 0 spiro atoms. The predicted molar refractivity (Wildman–Crippen MR) is 181 cm³/mol. The summed E-state index contributed by atoms with van der Waals surface area (Å²) in [6, 6.07) is 25.9. The van der Waals surface area contributed by atoms with Crippen LogP contribution in [-0.2, 0) is 10.8 Å². The summed E-state index contributed by atoms with van der Waals surface area (Å²) >= 11 is 0. The van der Waals surface area contributed by atoms with E-state index in [4.69, 9.17) is 14.4 Å². The lowest BCUT2D eigenvalue weighted by molar-refractivity contribution is 0.563. The predicted octanol–water partition coefficient (Wildman–Crippen LogP) is 11.0. The van der Waals surface area contributed by atoms with Crippen LogP contribution in [0, 0.1) is 5.82 Å². The Morgan fingerprint density at radius 1 is 0.750 bits per heavy atom. The molecule has 0 aliphatic carbocycles. The standard InChI is InChI=1S/C39H38FN3O/c1-22(2)28-20-24(38(3,4)5)21-30(39(6,7)8)34(28)43-33-15-10-9-14-32(33)41-36(43)27-13-11-12-26-29-19-23-18-25(40)16-17-31(23)42-37(29)44-35(26)27/h9-22H,1-8H3. The van der Waals surface area contributed by atoms with Crippen molar-refractivity contribution in [3.63, 3.8) is 0 Å². The summed E-state index contributed by atoms with van der Waals surface area (Å²) < 4.78 is 23.0. The molecule has 3 aromatic heterocycles. The van der Waals surface area contributed by atoms with Crippen molar-refractivity contribution in [2.75, 3.05) is 0 Å². The van der Waals surface area contributed by atoms with Gasteiger partial charge in [-0.25, -0.2) is 14.4 Å². The molecular weight excluding hydrogens is 545 g/mol. The molecule has 4 aromatic carbocycles. The van der Waals surface area contributed by atoms with Crippen LogP contribution in [0.15, 0.2) is 83.3 Å². The van der Waals surface area contributed by atoms with E-state index in [-0.39, 0.29) is 22.6 Å². The molecule has 0 bridgehead atoms. The topological polar surface area (TPSA) is 43.9 Å². The second-order valence-corrected chi connectivity index (χ2v) is 14.3. The second-order valence-electron chi connectivity index (χ2n) is 14.3. The summed E-state index contributed by atoms with van der Waals surface area (Å²) in [5, 5.41) is 2.53. The van der Waals surface area contributed by atoms with Gasteiger partial charge in [0.05, 0.1) is 27.8 Å². The molecule has 0 saturated heterocycles. The van der Waals surface area contributed by atoms with Gasteiger partial charge < -0.3 is 4.42 Å². The van der Waals surface area contributed by atoms with Crippen molar-refractivity contribution in [2.45, 2.75) is 72.1 Å². The molecule has 0 fully saturated rings. The number of halogens is 1. The van der Waals surface area contributed by atoms with Crippen LogP contribution >= 0.6 is 0 Å². The molecule has 222 valence electrons. The number of para-hydroxylation sites is 3. The molecule has 44 heavy (non-hydrogen) atoms. The van der Waals surface area contributed by atoms with Gasteiger partial charge in [0.25, 0.3) is 0 Å². The van der Waals surface area contributed by atoms with Gasteiger partial charge in [0.1, 0.15) is 17.2 Å². The maximum atomic E-state index is 14.1. The summed E-state index contributed by atoms with van der Waals surface area (Å²) in [5.41, 5.74) is 9.75. The summed E-state index contributed by atoms with van der Waals surface area (Å²) in [7, 11) is 0. The number of rotatable bonds is 3. The van der Waals surface area contributed by atoms with Gasteiger partial charge in [0.2, 0.25) is 5.71 Å². The monoisotopic (exact) mass is 583 g/mol. The molecule has 4 nitrogen and oxygen atoms in total. The Hall–Kier alpha value is -4.51. The third-order valence-corrected chi connectivity index (χ3v) is 8.71. The highest BCUT2D eigenvalue weighted by molar-refractivity contribution is 6.11. The molecule has 0 aliphatic rings. The van der Waals surface area contributed by atoms with Gasteiger partial charge in [-0.05, 0) is 75.9 Å². The van der Waals surface area contributed by atoms with Gasteiger partial charge in [-0.1, -0.05) is 91.8 Å². The maximum Gasteiger partial charge on any atom is 0.227 e. The van der Waals surface area contributed by atoms with Gasteiger partial charge in [-0.15, -0.1) is 0 Å².